The highest BCUT2D eigenvalue weighted by molar-refractivity contribution is 14.1. The van der Waals surface area contributed by atoms with Crippen LogP contribution in [0.4, 0.5) is 4.79 Å². The number of nitrogens with zero attached hydrogens (tertiary/aromatic N) is 4. The predicted molar refractivity (Wildman–Crippen MR) is 220 cm³/mol. The molecule has 11 nitrogen and oxygen atoms in total. The van der Waals surface area contributed by atoms with E-state index in [0.717, 1.165) is 78.2 Å². The van der Waals surface area contributed by atoms with Gasteiger partial charge in [-0.3, -0.25) is 17.9 Å². The van der Waals surface area contributed by atoms with E-state index in [1.54, 1.807) is 11.9 Å². The maximum absolute atomic E-state index is 13.3. The number of unbranched alkanes of at least 4 members (excludes halogenated alkanes) is 3. The van der Waals surface area contributed by atoms with Gasteiger partial charge < -0.3 is 46.8 Å². The van der Waals surface area contributed by atoms with Crippen molar-refractivity contribution in [3.8, 4) is 0 Å². The van der Waals surface area contributed by atoms with Gasteiger partial charge in [-0.15, -0.1) is 0 Å². The number of benzene rings is 2. The maximum atomic E-state index is 13.3. The summed E-state index contributed by atoms with van der Waals surface area (Å²) in [6, 6.07) is 11.4. The summed E-state index contributed by atoms with van der Waals surface area (Å²) < 4.78 is 8.61. The van der Waals surface area contributed by atoms with Gasteiger partial charge >= 0.3 is 6.03 Å². The van der Waals surface area contributed by atoms with Crippen LogP contribution >= 0.6 is 21.0 Å². The molecule has 13 heteroatoms. The molecule has 4 N–H and O–H groups in total. The first-order valence-electron chi connectivity index (χ1n) is 19.4. The second-order valence-electron chi connectivity index (χ2n) is 14.5. The van der Waals surface area contributed by atoms with E-state index >= 15 is 0 Å². The summed E-state index contributed by atoms with van der Waals surface area (Å²) in [5.41, 5.74) is 1.39. The van der Waals surface area contributed by atoms with Crippen molar-refractivity contribution in [2.24, 2.45) is 5.92 Å². The molecule has 3 amide bonds. The summed E-state index contributed by atoms with van der Waals surface area (Å²) in [6.07, 6.45) is 7.59. The summed E-state index contributed by atoms with van der Waals surface area (Å²) in [5, 5.41) is 6.74. The van der Waals surface area contributed by atoms with Gasteiger partial charge in [0, 0.05) is 83.7 Å². The number of carbonyl (C=O) groups excluding carboxylic acids is 4. The van der Waals surface area contributed by atoms with Crippen molar-refractivity contribution in [2.45, 2.75) is 72.1 Å². The van der Waals surface area contributed by atoms with Gasteiger partial charge in [-0.25, -0.2) is 4.79 Å². The number of alkyl halides is 1. The summed E-state index contributed by atoms with van der Waals surface area (Å²) >= 11 is -0.198. The van der Waals surface area contributed by atoms with E-state index < -0.39 is 5.92 Å². The molecule has 0 radical (unpaired) electrons. The lowest BCUT2D eigenvalue weighted by Gasteiger charge is -2.31. The minimum absolute atomic E-state index is 0. The highest BCUT2D eigenvalue weighted by Gasteiger charge is 2.35. The fraction of sp³-hybridized carbons (Fsp3) is 0.650. The van der Waals surface area contributed by atoms with Crippen LogP contribution in [0.15, 0.2) is 36.4 Å². The molecular weight excluding hydrogens is 849 g/mol. The average Bonchev–Trinajstić information content (AvgIpc) is 3.13. The molecule has 0 unspecified atom stereocenters. The van der Waals surface area contributed by atoms with E-state index in [4.69, 9.17) is 3.56 Å². The summed E-state index contributed by atoms with van der Waals surface area (Å²) in [7, 11) is 8.29. The molecule has 53 heavy (non-hydrogen) atoms. The van der Waals surface area contributed by atoms with Crippen molar-refractivity contribution in [1.29, 1.82) is 3.56 Å². The van der Waals surface area contributed by atoms with Crippen molar-refractivity contribution >= 4 is 55.3 Å². The lowest BCUT2D eigenvalue weighted by Crippen LogP contribution is -3.00. The standard InChI is InChI=1S/C38H59N5O4.C2H7IN2.BrH/c1-7-22-41(25-27-42(38(47)39-9-3)26-24-40(4)34(44)8-2)23-12-10-11-13-28-43(5,6)29-16-21-33-36(45)31-19-14-17-30-18-15-20-32(35(30)31)37(33)46;1-5-2-3-4;/h14-15,17-20,33H,7-13,16,21-29H2,1-6H3;4-5H,2H2,1H3;1H/p+1. The molecule has 300 valence electrons. The van der Waals surface area contributed by atoms with E-state index in [2.05, 4.69) is 31.2 Å². The Morgan fingerprint density at radius 2 is 1.45 bits per heavy atom. The fourth-order valence-corrected chi connectivity index (χ4v) is 7.25. The zero-order valence-electron chi connectivity index (χ0n) is 33.5. The average molecular weight is 918 g/mol. The molecule has 0 saturated carbocycles. The van der Waals surface area contributed by atoms with Crippen LogP contribution in [-0.4, -0.2) is 134 Å². The second-order valence-corrected chi connectivity index (χ2v) is 16.1. The Hall–Kier alpha value is -2.33. The smallest absolute Gasteiger partial charge is 0.317 e. The van der Waals surface area contributed by atoms with Crippen LogP contribution in [0.1, 0.15) is 92.9 Å². The Kier molecular flexibility index (Phi) is 24.3. The van der Waals surface area contributed by atoms with Crippen LogP contribution in [0.3, 0.4) is 0 Å². The molecule has 0 fully saturated rings. The molecule has 1 aliphatic rings. The third-order valence-electron chi connectivity index (χ3n) is 9.82. The van der Waals surface area contributed by atoms with Gasteiger partial charge in [-0.2, -0.15) is 0 Å². The van der Waals surface area contributed by atoms with Crippen molar-refractivity contribution < 1.29 is 46.0 Å². The number of nitrogens with two attached hydrogens (primary N) is 1. The van der Waals surface area contributed by atoms with Gasteiger partial charge in [-0.05, 0) is 63.9 Å². The van der Waals surface area contributed by atoms with Gasteiger partial charge in [-0.1, -0.05) is 56.7 Å². The highest BCUT2D eigenvalue weighted by Crippen LogP contribution is 2.34. The number of amides is 3. The first-order chi connectivity index (χ1) is 24.9. The number of hydrogen-bond donors (Lipinski definition) is 3. The van der Waals surface area contributed by atoms with Crippen LogP contribution in [-0.2, 0) is 4.79 Å². The number of rotatable bonds is 23. The SMILES string of the molecule is CCCN(CCCCCC[N+](C)(C)CCCC1C(=O)c2cccc3cccc(c23)C1=O)CCN(CCN(C)C(=O)CC)C(=O)NCC.C[NH2+]CI=N.[Br-]. The summed E-state index contributed by atoms with van der Waals surface area (Å²) in [4.78, 5) is 57.2. The topological polar surface area (TPSA) is 130 Å². The van der Waals surface area contributed by atoms with E-state index in [1.807, 2.05) is 67.5 Å². The summed E-state index contributed by atoms with van der Waals surface area (Å²) in [5.74, 6) is -0.515. The molecule has 3 rings (SSSR count). The van der Waals surface area contributed by atoms with E-state index in [1.165, 1.54) is 12.8 Å². The normalized spacial score (nSPS) is 12.7. The number of hydrogen-bond acceptors (Lipinski definition) is 6. The molecule has 2 aromatic carbocycles. The molecule has 0 atom stereocenters. The van der Waals surface area contributed by atoms with E-state index in [0.29, 0.717) is 50.1 Å². The number of likely N-dealkylation sites (N-methyl/N-ethyl adjacent to an activating group) is 1. The largest absolute Gasteiger partial charge is 1.00 e. The summed E-state index contributed by atoms with van der Waals surface area (Å²) in [6.45, 7) is 13.1. The Morgan fingerprint density at radius 1 is 0.849 bits per heavy atom. The number of urea groups is 1. The van der Waals surface area contributed by atoms with Crippen molar-refractivity contribution in [1.82, 2.24) is 20.0 Å². The first-order valence-corrected chi connectivity index (χ1v) is 22.0. The monoisotopic (exact) mass is 916 g/mol. The highest BCUT2D eigenvalue weighted by atomic mass is 127. The lowest BCUT2D eigenvalue weighted by atomic mass is 9.78. The quantitative estimate of drug-likeness (QED) is 0.0395. The molecule has 2 aromatic rings. The van der Waals surface area contributed by atoms with Crippen molar-refractivity contribution in [2.75, 3.05) is 91.6 Å². The van der Waals surface area contributed by atoms with Crippen LogP contribution in [0, 0.1) is 9.48 Å². The Bertz CT molecular complexity index is 1390. The molecular formula is C40H68BrIN7O4+. The van der Waals surface area contributed by atoms with Crippen LogP contribution < -0.4 is 27.6 Å². The zero-order valence-corrected chi connectivity index (χ0v) is 37.3. The number of carbonyl (C=O) groups is 4. The molecule has 0 bridgehead atoms. The molecule has 0 heterocycles. The van der Waals surface area contributed by atoms with Crippen LogP contribution in [0.5, 0.6) is 0 Å². The number of quaternary nitrogens is 2. The van der Waals surface area contributed by atoms with Crippen molar-refractivity contribution in [3.63, 3.8) is 0 Å². The van der Waals surface area contributed by atoms with Gasteiger partial charge in [0.1, 0.15) is 4.55 Å². The van der Waals surface area contributed by atoms with Crippen LogP contribution in [0.2, 0.25) is 0 Å². The van der Waals surface area contributed by atoms with Crippen molar-refractivity contribution in [3.05, 3.63) is 47.5 Å². The Labute approximate surface area is 340 Å². The number of Topliss-reactive ketones (excluding diaryl/α,β-unsaturated/α-hetero) is 2. The lowest BCUT2D eigenvalue weighted by molar-refractivity contribution is -0.890. The minimum Gasteiger partial charge on any atom is -1.00 e. The van der Waals surface area contributed by atoms with E-state index in [-0.39, 0.29) is 61.5 Å². The Morgan fingerprint density at radius 3 is 2.00 bits per heavy atom. The van der Waals surface area contributed by atoms with Gasteiger partial charge in [0.25, 0.3) is 0 Å². The second kappa shape index (κ2) is 26.5. The third kappa shape index (κ3) is 16.5. The van der Waals surface area contributed by atoms with Gasteiger partial charge in [0.15, 0.2) is 11.6 Å². The molecule has 0 saturated heterocycles. The number of halogens is 2. The first kappa shape index (κ1) is 48.7. The van der Waals surface area contributed by atoms with Gasteiger partial charge in [0.2, 0.25) is 5.91 Å². The maximum Gasteiger partial charge on any atom is 0.317 e. The molecule has 1 aliphatic carbocycles. The molecule has 0 spiro atoms. The number of ketones is 2. The third-order valence-corrected chi connectivity index (χ3v) is 11.1. The predicted octanol–water partition coefficient (Wildman–Crippen LogP) is 2.74. The molecule has 0 aliphatic heterocycles. The van der Waals surface area contributed by atoms with Gasteiger partial charge in [0.05, 0.1) is 40.2 Å². The molecule has 0 aromatic heterocycles. The number of nitrogens with one attached hydrogen (secondary N) is 2. The Balaban J connectivity index is 0.00000219. The fourth-order valence-electron chi connectivity index (χ4n) is 6.81. The van der Waals surface area contributed by atoms with Crippen LogP contribution in [0.25, 0.3) is 10.8 Å². The van der Waals surface area contributed by atoms with E-state index in [9.17, 15) is 19.2 Å². The minimum atomic E-state index is -0.568. The zero-order chi connectivity index (χ0) is 38.5.